The molecule has 2 aromatic carbocycles. The summed E-state index contributed by atoms with van der Waals surface area (Å²) in [5.41, 5.74) is 6.26. The van der Waals surface area contributed by atoms with Gasteiger partial charge >= 0.3 is 0 Å². The highest BCUT2D eigenvalue weighted by atomic mass is 35.5. The molecule has 0 aliphatic heterocycles. The first kappa shape index (κ1) is 17.4. The number of methoxy groups -OCH3 is 1. The van der Waals surface area contributed by atoms with E-state index in [1.807, 2.05) is 18.2 Å². The lowest BCUT2D eigenvalue weighted by Crippen LogP contribution is -2.28. The van der Waals surface area contributed by atoms with E-state index in [9.17, 15) is 8.42 Å². The summed E-state index contributed by atoms with van der Waals surface area (Å²) in [6.07, 6.45) is 0. The predicted molar refractivity (Wildman–Crippen MR) is 95.0 cm³/mol. The van der Waals surface area contributed by atoms with Crippen LogP contribution in [0.15, 0.2) is 59.5 Å². The second kappa shape index (κ2) is 6.48. The standard InChI is InChI=1S/C18H20ClNO3S/c1-23-12-18(11-20)16(13-6-5-7-14(19)10-13)17(18)24(21,22)15-8-3-2-4-9-15/h2-10,16-17H,11-12,20H2,1H3/t16-,17-,18+/m0/s1. The minimum absolute atomic E-state index is 0.230. The highest BCUT2D eigenvalue weighted by Gasteiger charge is 2.70. The average Bonchev–Trinajstić information content (AvgIpc) is 3.26. The molecular weight excluding hydrogens is 346 g/mol. The van der Waals surface area contributed by atoms with E-state index in [1.54, 1.807) is 43.5 Å². The molecule has 1 aliphatic rings. The van der Waals surface area contributed by atoms with E-state index in [4.69, 9.17) is 22.1 Å². The van der Waals surface area contributed by atoms with Crippen LogP contribution in [-0.4, -0.2) is 33.9 Å². The molecule has 6 heteroatoms. The average molecular weight is 366 g/mol. The van der Waals surface area contributed by atoms with Gasteiger partial charge in [-0.25, -0.2) is 8.42 Å². The first-order valence-corrected chi connectivity index (χ1v) is 9.63. The highest BCUT2D eigenvalue weighted by molar-refractivity contribution is 7.92. The van der Waals surface area contributed by atoms with Gasteiger partial charge in [0, 0.05) is 30.0 Å². The van der Waals surface area contributed by atoms with Crippen LogP contribution in [0, 0.1) is 5.41 Å². The molecule has 3 atom stereocenters. The summed E-state index contributed by atoms with van der Waals surface area (Å²) in [5.74, 6) is -0.230. The van der Waals surface area contributed by atoms with Crippen LogP contribution >= 0.6 is 11.6 Å². The number of sulfone groups is 1. The van der Waals surface area contributed by atoms with E-state index in [0.717, 1.165) is 5.56 Å². The lowest BCUT2D eigenvalue weighted by Gasteiger charge is -2.15. The van der Waals surface area contributed by atoms with Gasteiger partial charge in [-0.15, -0.1) is 0 Å². The van der Waals surface area contributed by atoms with Gasteiger partial charge in [0.15, 0.2) is 9.84 Å². The summed E-state index contributed by atoms with van der Waals surface area (Å²) in [6, 6.07) is 15.8. The van der Waals surface area contributed by atoms with Crippen molar-refractivity contribution in [1.82, 2.24) is 0 Å². The number of benzene rings is 2. The third kappa shape index (κ3) is 2.75. The van der Waals surface area contributed by atoms with Gasteiger partial charge in [0.2, 0.25) is 0 Å². The number of nitrogens with two attached hydrogens (primary N) is 1. The van der Waals surface area contributed by atoms with Crippen LogP contribution in [0.5, 0.6) is 0 Å². The zero-order chi connectivity index (χ0) is 17.4. The van der Waals surface area contributed by atoms with Crippen molar-refractivity contribution in [2.24, 2.45) is 11.1 Å². The summed E-state index contributed by atoms with van der Waals surface area (Å²) in [4.78, 5) is 0.313. The van der Waals surface area contributed by atoms with E-state index >= 15 is 0 Å². The van der Waals surface area contributed by atoms with Crippen LogP contribution in [0.3, 0.4) is 0 Å². The number of hydrogen-bond donors (Lipinski definition) is 1. The molecule has 0 radical (unpaired) electrons. The van der Waals surface area contributed by atoms with Crippen molar-refractivity contribution in [1.29, 1.82) is 0 Å². The number of rotatable bonds is 6. The Balaban J connectivity index is 2.07. The summed E-state index contributed by atoms with van der Waals surface area (Å²) in [5, 5.41) is -0.0329. The number of ether oxygens (including phenoxy) is 1. The van der Waals surface area contributed by atoms with Gasteiger partial charge in [0.05, 0.1) is 16.8 Å². The molecule has 1 saturated carbocycles. The molecule has 3 rings (SSSR count). The molecule has 0 amide bonds. The fourth-order valence-electron chi connectivity index (χ4n) is 3.65. The third-order valence-corrected chi connectivity index (χ3v) is 7.36. The van der Waals surface area contributed by atoms with Crippen molar-refractivity contribution < 1.29 is 13.2 Å². The van der Waals surface area contributed by atoms with Crippen LogP contribution in [0.25, 0.3) is 0 Å². The van der Waals surface area contributed by atoms with Crippen molar-refractivity contribution in [3.63, 3.8) is 0 Å². The fourth-order valence-corrected chi connectivity index (χ4v) is 6.31. The summed E-state index contributed by atoms with van der Waals surface area (Å²) in [7, 11) is -1.95. The Morgan fingerprint density at radius 2 is 1.88 bits per heavy atom. The molecule has 0 aromatic heterocycles. The molecule has 0 spiro atoms. The second-order valence-electron chi connectivity index (χ2n) is 6.18. The van der Waals surface area contributed by atoms with Crippen molar-refractivity contribution in [3.8, 4) is 0 Å². The van der Waals surface area contributed by atoms with Crippen LogP contribution in [0.2, 0.25) is 5.02 Å². The molecule has 0 bridgehead atoms. The van der Waals surface area contributed by atoms with E-state index in [-0.39, 0.29) is 19.1 Å². The molecule has 1 fully saturated rings. The van der Waals surface area contributed by atoms with Crippen LogP contribution in [-0.2, 0) is 14.6 Å². The zero-order valence-corrected chi connectivity index (χ0v) is 14.9. The molecule has 0 unspecified atom stereocenters. The van der Waals surface area contributed by atoms with Crippen molar-refractivity contribution in [3.05, 3.63) is 65.2 Å². The monoisotopic (exact) mass is 365 g/mol. The Kier molecular flexibility index (Phi) is 4.71. The third-order valence-electron chi connectivity index (χ3n) is 4.79. The van der Waals surface area contributed by atoms with Crippen molar-refractivity contribution in [2.45, 2.75) is 16.1 Å². The lowest BCUT2D eigenvalue weighted by molar-refractivity contribution is 0.142. The molecule has 0 heterocycles. The zero-order valence-electron chi connectivity index (χ0n) is 13.4. The minimum atomic E-state index is -3.52. The van der Waals surface area contributed by atoms with Gasteiger partial charge in [0.25, 0.3) is 0 Å². The fraction of sp³-hybridized carbons (Fsp3) is 0.333. The topological polar surface area (TPSA) is 69.4 Å². The van der Waals surface area contributed by atoms with Gasteiger partial charge in [0.1, 0.15) is 0 Å². The SMILES string of the molecule is COC[C@]1(CN)[C@@H](c2cccc(Cl)c2)[C@@H]1S(=O)(=O)c1ccccc1. The molecule has 2 N–H and O–H groups in total. The molecule has 2 aromatic rings. The van der Waals surface area contributed by atoms with Crippen LogP contribution < -0.4 is 5.73 Å². The summed E-state index contributed by atoms with van der Waals surface area (Å²) >= 11 is 6.10. The van der Waals surface area contributed by atoms with Crippen LogP contribution in [0.1, 0.15) is 11.5 Å². The maximum atomic E-state index is 13.2. The summed E-state index contributed by atoms with van der Waals surface area (Å²) < 4.78 is 31.7. The molecule has 1 aliphatic carbocycles. The summed E-state index contributed by atoms with van der Waals surface area (Å²) in [6.45, 7) is 0.520. The normalized spacial score (nSPS) is 26.3. The quantitative estimate of drug-likeness (QED) is 0.854. The largest absolute Gasteiger partial charge is 0.384 e. The Morgan fingerprint density at radius 3 is 2.46 bits per heavy atom. The predicted octanol–water partition coefficient (Wildman–Crippen LogP) is 2.87. The Morgan fingerprint density at radius 1 is 1.17 bits per heavy atom. The first-order chi connectivity index (χ1) is 11.5. The van der Waals surface area contributed by atoms with Gasteiger partial charge < -0.3 is 10.5 Å². The van der Waals surface area contributed by atoms with Gasteiger partial charge in [-0.05, 0) is 29.8 Å². The Bertz CT molecular complexity index is 825. The first-order valence-electron chi connectivity index (χ1n) is 7.71. The molecule has 4 nitrogen and oxygen atoms in total. The Hall–Kier alpha value is -1.40. The molecular formula is C18H20ClNO3S. The molecule has 128 valence electrons. The van der Waals surface area contributed by atoms with Crippen molar-refractivity contribution >= 4 is 21.4 Å². The smallest absolute Gasteiger partial charge is 0.182 e. The number of hydrogen-bond acceptors (Lipinski definition) is 4. The maximum Gasteiger partial charge on any atom is 0.182 e. The van der Waals surface area contributed by atoms with E-state index in [1.165, 1.54) is 0 Å². The Labute approximate surface area is 147 Å². The van der Waals surface area contributed by atoms with Gasteiger partial charge in [-0.1, -0.05) is 41.9 Å². The number of halogens is 1. The van der Waals surface area contributed by atoms with Gasteiger partial charge in [-0.3, -0.25) is 0 Å². The van der Waals surface area contributed by atoms with Gasteiger partial charge in [-0.2, -0.15) is 0 Å². The van der Waals surface area contributed by atoms with Crippen molar-refractivity contribution in [2.75, 3.05) is 20.3 Å². The lowest BCUT2D eigenvalue weighted by atomic mass is 10.00. The second-order valence-corrected chi connectivity index (χ2v) is 8.69. The van der Waals surface area contributed by atoms with E-state index in [2.05, 4.69) is 0 Å². The molecule has 24 heavy (non-hydrogen) atoms. The highest BCUT2D eigenvalue weighted by Crippen LogP contribution is 2.63. The molecule has 0 saturated heterocycles. The van der Waals surface area contributed by atoms with Crippen LogP contribution in [0.4, 0.5) is 0 Å². The minimum Gasteiger partial charge on any atom is -0.384 e. The maximum absolute atomic E-state index is 13.2. The van der Waals surface area contributed by atoms with E-state index in [0.29, 0.717) is 9.92 Å². The van der Waals surface area contributed by atoms with E-state index < -0.39 is 20.5 Å².